The van der Waals surface area contributed by atoms with E-state index in [1.165, 1.54) is 12.8 Å². The molecular weight excluding hydrogens is 124 g/mol. The largest absolute Gasteiger partial charge is 0.314 e. The van der Waals surface area contributed by atoms with E-state index in [2.05, 4.69) is 17.6 Å². The highest BCUT2D eigenvalue weighted by Gasteiger charge is 2.41. The second-order valence-electron chi connectivity index (χ2n) is 3.80. The van der Waals surface area contributed by atoms with Gasteiger partial charge in [-0.15, -0.1) is 0 Å². The van der Waals surface area contributed by atoms with Crippen molar-refractivity contribution in [3.05, 3.63) is 0 Å². The van der Waals surface area contributed by atoms with Crippen molar-refractivity contribution in [2.75, 3.05) is 19.6 Å². The highest BCUT2D eigenvalue weighted by Crippen LogP contribution is 2.39. The number of rotatable bonds is 1. The van der Waals surface area contributed by atoms with E-state index in [0.29, 0.717) is 5.54 Å². The lowest BCUT2D eigenvalue weighted by atomic mass is 9.94. The minimum absolute atomic E-state index is 0.429. The van der Waals surface area contributed by atoms with Gasteiger partial charge in [0.1, 0.15) is 0 Å². The van der Waals surface area contributed by atoms with Crippen LogP contribution in [0.3, 0.4) is 0 Å². The number of hydrogen-bond acceptors (Lipinski definition) is 2. The molecule has 2 aliphatic rings. The van der Waals surface area contributed by atoms with Crippen LogP contribution in [-0.2, 0) is 0 Å². The molecule has 0 aromatic heterocycles. The highest BCUT2D eigenvalue weighted by atomic mass is 15.1. The maximum Gasteiger partial charge on any atom is 0.0306 e. The molecule has 2 nitrogen and oxygen atoms in total. The molecule has 1 aliphatic carbocycles. The molecule has 1 atom stereocenters. The fourth-order valence-corrected chi connectivity index (χ4v) is 1.86. The summed E-state index contributed by atoms with van der Waals surface area (Å²) in [6, 6.07) is 0. The Labute approximate surface area is 62.4 Å². The van der Waals surface area contributed by atoms with Gasteiger partial charge in [-0.05, 0) is 25.7 Å². The summed E-state index contributed by atoms with van der Waals surface area (Å²) in [5, 5.41) is 7.03. The third kappa shape index (κ3) is 1.06. The van der Waals surface area contributed by atoms with Crippen LogP contribution in [0.25, 0.3) is 0 Å². The predicted octanol–water partition coefficient (Wildman–Crippen LogP) is 0.348. The van der Waals surface area contributed by atoms with E-state index in [9.17, 15) is 0 Å². The van der Waals surface area contributed by atoms with Gasteiger partial charge >= 0.3 is 0 Å². The zero-order valence-corrected chi connectivity index (χ0v) is 6.61. The fourth-order valence-electron chi connectivity index (χ4n) is 1.86. The van der Waals surface area contributed by atoms with Crippen LogP contribution in [0, 0.1) is 5.92 Å². The summed E-state index contributed by atoms with van der Waals surface area (Å²) in [4.78, 5) is 0. The Morgan fingerprint density at radius 3 is 2.60 bits per heavy atom. The van der Waals surface area contributed by atoms with Gasteiger partial charge in [-0.3, -0.25) is 0 Å². The standard InChI is InChI=1S/C8H16N2/c1-8(7-2-3-7)6-9-4-5-10-8/h7,9-10H,2-6H2,1H3. The first kappa shape index (κ1) is 6.62. The van der Waals surface area contributed by atoms with Gasteiger partial charge in [-0.1, -0.05) is 0 Å². The second kappa shape index (κ2) is 2.21. The van der Waals surface area contributed by atoms with E-state index in [0.717, 1.165) is 25.6 Å². The molecule has 2 rings (SSSR count). The molecule has 0 spiro atoms. The molecule has 1 heterocycles. The molecule has 2 fully saturated rings. The average Bonchev–Trinajstić information content (AvgIpc) is 2.69. The minimum atomic E-state index is 0.429. The van der Waals surface area contributed by atoms with Gasteiger partial charge in [0.15, 0.2) is 0 Å². The molecule has 2 heteroatoms. The molecule has 1 saturated carbocycles. The van der Waals surface area contributed by atoms with Crippen molar-refractivity contribution in [3.63, 3.8) is 0 Å². The maximum absolute atomic E-state index is 3.59. The number of nitrogens with one attached hydrogen (secondary N) is 2. The van der Waals surface area contributed by atoms with Crippen LogP contribution in [0.5, 0.6) is 0 Å². The van der Waals surface area contributed by atoms with Gasteiger partial charge in [0.05, 0.1) is 0 Å². The number of hydrogen-bond donors (Lipinski definition) is 2. The van der Waals surface area contributed by atoms with Crippen molar-refractivity contribution in [1.29, 1.82) is 0 Å². The molecule has 0 amide bonds. The Balaban J connectivity index is 1.97. The van der Waals surface area contributed by atoms with Crippen LogP contribution in [-0.4, -0.2) is 25.2 Å². The summed E-state index contributed by atoms with van der Waals surface area (Å²) >= 11 is 0. The first-order chi connectivity index (χ1) is 4.81. The highest BCUT2D eigenvalue weighted by molar-refractivity contribution is 5.00. The van der Waals surface area contributed by atoms with Crippen molar-refractivity contribution in [3.8, 4) is 0 Å². The summed E-state index contributed by atoms with van der Waals surface area (Å²) in [6.45, 7) is 5.80. The summed E-state index contributed by atoms with van der Waals surface area (Å²) < 4.78 is 0. The summed E-state index contributed by atoms with van der Waals surface area (Å²) in [5.74, 6) is 0.959. The van der Waals surface area contributed by atoms with Crippen LogP contribution in [0.2, 0.25) is 0 Å². The lowest BCUT2D eigenvalue weighted by Gasteiger charge is -2.35. The number of piperazine rings is 1. The average molecular weight is 140 g/mol. The lowest BCUT2D eigenvalue weighted by molar-refractivity contribution is 0.262. The Hall–Kier alpha value is -0.0800. The topological polar surface area (TPSA) is 24.1 Å². The fraction of sp³-hybridized carbons (Fsp3) is 1.00. The van der Waals surface area contributed by atoms with Crippen molar-refractivity contribution in [2.45, 2.75) is 25.3 Å². The zero-order chi connectivity index (χ0) is 7.03. The van der Waals surface area contributed by atoms with Crippen LogP contribution < -0.4 is 10.6 Å². The van der Waals surface area contributed by atoms with E-state index in [4.69, 9.17) is 0 Å². The predicted molar refractivity (Wildman–Crippen MR) is 42.0 cm³/mol. The molecule has 0 bridgehead atoms. The zero-order valence-electron chi connectivity index (χ0n) is 6.61. The summed E-state index contributed by atoms with van der Waals surface area (Å²) in [5.41, 5.74) is 0.429. The van der Waals surface area contributed by atoms with Gasteiger partial charge in [0.25, 0.3) is 0 Å². The van der Waals surface area contributed by atoms with Gasteiger partial charge in [0.2, 0.25) is 0 Å². The van der Waals surface area contributed by atoms with Crippen molar-refractivity contribution < 1.29 is 0 Å². The minimum Gasteiger partial charge on any atom is -0.314 e. The quantitative estimate of drug-likeness (QED) is 0.549. The Morgan fingerprint density at radius 2 is 2.10 bits per heavy atom. The van der Waals surface area contributed by atoms with Crippen molar-refractivity contribution in [2.24, 2.45) is 5.92 Å². The van der Waals surface area contributed by atoms with E-state index >= 15 is 0 Å². The van der Waals surface area contributed by atoms with Gasteiger partial charge < -0.3 is 10.6 Å². The van der Waals surface area contributed by atoms with Crippen LogP contribution in [0.1, 0.15) is 19.8 Å². The SMILES string of the molecule is CC1(C2CC2)CNCCN1. The van der Waals surface area contributed by atoms with E-state index in [1.807, 2.05) is 0 Å². The van der Waals surface area contributed by atoms with Crippen LogP contribution in [0.4, 0.5) is 0 Å². The first-order valence-electron chi connectivity index (χ1n) is 4.27. The Bertz CT molecular complexity index is 123. The van der Waals surface area contributed by atoms with Crippen molar-refractivity contribution in [1.82, 2.24) is 10.6 Å². The molecule has 0 aromatic rings. The monoisotopic (exact) mass is 140 g/mol. The molecular formula is C8H16N2. The first-order valence-corrected chi connectivity index (χ1v) is 4.27. The van der Waals surface area contributed by atoms with Gasteiger partial charge in [0, 0.05) is 25.2 Å². The second-order valence-corrected chi connectivity index (χ2v) is 3.80. The lowest BCUT2D eigenvalue weighted by Crippen LogP contribution is -2.58. The molecule has 0 aromatic carbocycles. The normalized spacial score (nSPS) is 41.7. The maximum atomic E-state index is 3.59. The smallest absolute Gasteiger partial charge is 0.0306 e. The third-order valence-electron chi connectivity index (χ3n) is 2.80. The molecule has 0 radical (unpaired) electrons. The van der Waals surface area contributed by atoms with Gasteiger partial charge in [-0.25, -0.2) is 0 Å². The van der Waals surface area contributed by atoms with E-state index < -0.39 is 0 Å². The van der Waals surface area contributed by atoms with E-state index in [1.54, 1.807) is 0 Å². The molecule has 2 N–H and O–H groups in total. The molecule has 1 saturated heterocycles. The van der Waals surface area contributed by atoms with E-state index in [-0.39, 0.29) is 0 Å². The molecule has 1 unspecified atom stereocenters. The third-order valence-corrected chi connectivity index (χ3v) is 2.80. The molecule has 58 valence electrons. The summed E-state index contributed by atoms with van der Waals surface area (Å²) in [6.07, 6.45) is 2.87. The summed E-state index contributed by atoms with van der Waals surface area (Å²) in [7, 11) is 0. The van der Waals surface area contributed by atoms with Crippen LogP contribution in [0.15, 0.2) is 0 Å². The Morgan fingerprint density at radius 1 is 1.30 bits per heavy atom. The Kier molecular flexibility index (Phi) is 1.46. The molecule has 1 aliphatic heterocycles. The van der Waals surface area contributed by atoms with Crippen LogP contribution >= 0.6 is 0 Å². The van der Waals surface area contributed by atoms with Crippen molar-refractivity contribution >= 4 is 0 Å². The van der Waals surface area contributed by atoms with Gasteiger partial charge in [-0.2, -0.15) is 0 Å². The molecule has 10 heavy (non-hydrogen) atoms.